The molecule has 0 radical (unpaired) electrons. The van der Waals surface area contributed by atoms with Gasteiger partial charge in [-0.25, -0.2) is 23.3 Å². The Hall–Kier alpha value is -7.01. The van der Waals surface area contributed by atoms with Gasteiger partial charge in [-0.15, -0.1) is 0 Å². The number of anilines is 3. The molecule has 20 heteroatoms. The lowest BCUT2D eigenvalue weighted by atomic mass is 9.75. The Morgan fingerprint density at radius 2 is 1.61 bits per heavy atom. The van der Waals surface area contributed by atoms with Crippen molar-refractivity contribution in [3.63, 3.8) is 0 Å². The molecule has 4 N–H and O–H groups in total. The van der Waals surface area contributed by atoms with E-state index in [1.54, 1.807) is 21.8 Å². The van der Waals surface area contributed by atoms with E-state index in [0.29, 0.717) is 54.7 Å². The first kappa shape index (κ1) is 48.4. The maximum atomic E-state index is 15.4. The summed E-state index contributed by atoms with van der Waals surface area (Å²) in [6.45, 7) is 11.7. The van der Waals surface area contributed by atoms with Gasteiger partial charge in [0.05, 0.1) is 41.4 Å². The van der Waals surface area contributed by atoms with Crippen LogP contribution in [-0.2, 0) is 19.2 Å². The predicted molar refractivity (Wildman–Crippen MR) is 254 cm³/mol. The van der Waals surface area contributed by atoms with E-state index in [9.17, 15) is 19.6 Å². The number of carbonyl (C=O) groups is 4. The number of nitrogens with one attached hydrogen (secondary N) is 3. The van der Waals surface area contributed by atoms with Gasteiger partial charge in [0.15, 0.2) is 11.6 Å². The van der Waals surface area contributed by atoms with Crippen LogP contribution in [0.15, 0.2) is 55.2 Å². The molecule has 1 aromatic carbocycles. The molecular weight excluding hydrogens is 889 g/mol. The molecular formula is C49H59F2N13O5. The Labute approximate surface area is 399 Å². The number of imide groups is 1. The average Bonchev–Trinajstić information content (AvgIpc) is 4.01. The summed E-state index contributed by atoms with van der Waals surface area (Å²) in [5.41, 5.74) is 3.28. The number of halogens is 2. The smallest absolute Gasteiger partial charge is 0.290 e. The van der Waals surface area contributed by atoms with Crippen LogP contribution in [0.1, 0.15) is 97.1 Å². The molecule has 1 atom stereocenters. The highest BCUT2D eigenvalue weighted by Gasteiger charge is 2.41. The molecule has 0 spiro atoms. The molecule has 18 nitrogen and oxygen atoms in total. The van der Waals surface area contributed by atoms with Gasteiger partial charge in [0, 0.05) is 86.5 Å². The van der Waals surface area contributed by atoms with Crippen LogP contribution in [0.3, 0.4) is 0 Å². The maximum Gasteiger partial charge on any atom is 0.290 e. The van der Waals surface area contributed by atoms with Gasteiger partial charge in [0.2, 0.25) is 17.7 Å². The fraction of sp³-hybridized carbons (Fsp3) is 0.490. The van der Waals surface area contributed by atoms with Crippen LogP contribution in [0.5, 0.6) is 0 Å². The fourth-order valence-corrected chi connectivity index (χ4v) is 10.2. The van der Waals surface area contributed by atoms with Crippen molar-refractivity contribution in [1.82, 2.24) is 44.9 Å². The number of hydrogen-bond donors (Lipinski definition) is 4. The van der Waals surface area contributed by atoms with Crippen molar-refractivity contribution < 1.29 is 33.1 Å². The molecule has 0 bridgehead atoms. The minimum Gasteiger partial charge on any atom is -0.483 e. The zero-order valence-electron chi connectivity index (χ0n) is 39.4. The van der Waals surface area contributed by atoms with Crippen molar-refractivity contribution in [3.8, 4) is 28.6 Å². The van der Waals surface area contributed by atoms with Crippen molar-refractivity contribution >= 4 is 46.9 Å². The molecule has 3 aliphatic heterocycles. The summed E-state index contributed by atoms with van der Waals surface area (Å²) < 4.78 is 34.5. The Balaban J connectivity index is 0.00000209. The van der Waals surface area contributed by atoms with Crippen LogP contribution in [0.4, 0.5) is 26.0 Å². The van der Waals surface area contributed by atoms with E-state index in [1.165, 1.54) is 12.1 Å². The number of piperazine rings is 1. The minimum atomic E-state index is -0.733. The Morgan fingerprint density at radius 1 is 0.928 bits per heavy atom. The quantitative estimate of drug-likeness (QED) is 0.0942. The second-order valence-electron chi connectivity index (χ2n) is 19.4. The summed E-state index contributed by atoms with van der Waals surface area (Å²) >= 11 is 0. The third kappa shape index (κ3) is 10.5. The van der Waals surface area contributed by atoms with E-state index in [0.717, 1.165) is 75.0 Å². The Morgan fingerprint density at radius 3 is 2.22 bits per heavy atom. The molecule has 9 rings (SSSR count). The van der Waals surface area contributed by atoms with E-state index in [4.69, 9.17) is 25.0 Å². The molecule has 1 unspecified atom stereocenters. The lowest BCUT2D eigenvalue weighted by Gasteiger charge is -2.42. The number of aromatic nitrogens is 6. The van der Waals surface area contributed by atoms with Crippen LogP contribution in [0.25, 0.3) is 28.0 Å². The van der Waals surface area contributed by atoms with E-state index >= 15 is 8.78 Å². The topological polar surface area (TPSA) is 219 Å². The van der Waals surface area contributed by atoms with Gasteiger partial charge in [-0.05, 0) is 96.4 Å². The second-order valence-corrected chi connectivity index (χ2v) is 19.4. The van der Waals surface area contributed by atoms with E-state index in [-0.39, 0.29) is 54.1 Å². The molecule has 1 aliphatic carbocycles. The molecule has 4 fully saturated rings. The van der Waals surface area contributed by atoms with Crippen LogP contribution in [0.2, 0.25) is 0 Å². The zero-order valence-corrected chi connectivity index (χ0v) is 39.4. The number of fused-ring (bicyclic) bond motifs is 1. The SMILES string of the molecule is CCC1(C(=O)NC(C)(C)C)CCN(c2ccc(-c3nc(-c4cnn(C5CCC(N6CCN(c7c(F)cc(NC8CCC(=O)NC8=O)cc7F)CC6)CC5)c4)cn4ncc(C#N)c34)cn2)CC1.O=CO. The first-order valence-corrected chi connectivity index (χ1v) is 23.7. The average molecular weight is 948 g/mol. The minimum absolute atomic E-state index is 0.0632. The third-order valence-electron chi connectivity index (χ3n) is 14.0. The van der Waals surface area contributed by atoms with Gasteiger partial charge in [-0.1, -0.05) is 6.92 Å². The van der Waals surface area contributed by atoms with Gasteiger partial charge < -0.3 is 25.5 Å². The van der Waals surface area contributed by atoms with Crippen molar-refractivity contribution in [2.75, 3.05) is 54.4 Å². The van der Waals surface area contributed by atoms with Crippen molar-refractivity contribution in [2.45, 2.75) is 109 Å². The summed E-state index contributed by atoms with van der Waals surface area (Å²) in [5.74, 6) is -1.29. The normalized spacial score (nSPS) is 20.9. The first-order chi connectivity index (χ1) is 33.1. The maximum absolute atomic E-state index is 15.4. The van der Waals surface area contributed by atoms with Gasteiger partial charge in [-0.2, -0.15) is 15.5 Å². The van der Waals surface area contributed by atoms with Gasteiger partial charge in [0.25, 0.3) is 6.47 Å². The molecule has 4 aromatic heterocycles. The number of nitriles is 1. The molecule has 4 aliphatic rings. The largest absolute Gasteiger partial charge is 0.483 e. The standard InChI is InChI=1S/C48H57F2N13O3.CH2O2/c1-5-48(46(66)58-47(2,3)4)14-16-60(17-15-48)40-12-6-30(25-52-40)42-43-31(24-51)26-54-63(43)29-39(56-42)32-27-53-62(28-32)35-9-7-34(8-10-35)59-18-20-61(21-19-59)44-36(49)22-33(23-37(44)50)55-38-11-13-41(64)57-45(38)65;2-1-3/h6,12,22-23,25-29,34-35,38,55H,5,7-11,13-21H2,1-4H3,(H,58,66)(H,57,64,65);1H,(H,2,3). The Kier molecular flexibility index (Phi) is 14.3. The first-order valence-electron chi connectivity index (χ1n) is 23.7. The van der Waals surface area contributed by atoms with Crippen LogP contribution < -0.4 is 25.8 Å². The number of pyridine rings is 1. The van der Waals surface area contributed by atoms with Crippen molar-refractivity contribution in [3.05, 3.63) is 72.4 Å². The van der Waals surface area contributed by atoms with E-state index in [1.807, 2.05) is 56.2 Å². The van der Waals surface area contributed by atoms with Crippen LogP contribution >= 0.6 is 0 Å². The van der Waals surface area contributed by atoms with Gasteiger partial charge >= 0.3 is 0 Å². The summed E-state index contributed by atoms with van der Waals surface area (Å²) in [4.78, 5) is 61.7. The number of carbonyl (C=O) groups excluding carboxylic acids is 3. The highest BCUT2D eigenvalue weighted by molar-refractivity contribution is 6.01. The monoisotopic (exact) mass is 947 g/mol. The van der Waals surface area contributed by atoms with Gasteiger partial charge in [0.1, 0.15) is 34.7 Å². The fourth-order valence-electron chi connectivity index (χ4n) is 10.2. The molecule has 5 aromatic rings. The van der Waals surface area contributed by atoms with Crippen LogP contribution in [0, 0.1) is 28.4 Å². The van der Waals surface area contributed by atoms with Gasteiger partial charge in [-0.3, -0.25) is 34.1 Å². The number of piperidine rings is 2. The number of nitrogens with zero attached hydrogens (tertiary/aromatic N) is 10. The highest BCUT2D eigenvalue weighted by atomic mass is 19.1. The molecule has 3 saturated heterocycles. The predicted octanol–water partition coefficient (Wildman–Crippen LogP) is 5.94. The lowest BCUT2D eigenvalue weighted by molar-refractivity contribution is -0.135. The number of amides is 3. The molecule has 7 heterocycles. The summed E-state index contributed by atoms with van der Waals surface area (Å²) in [6, 6.07) is 8.48. The molecule has 364 valence electrons. The molecule has 1 saturated carbocycles. The number of carboxylic acid groups (broad SMARTS) is 1. The lowest BCUT2D eigenvalue weighted by Crippen LogP contribution is -2.53. The van der Waals surface area contributed by atoms with E-state index in [2.05, 4.69) is 43.8 Å². The summed E-state index contributed by atoms with van der Waals surface area (Å²) in [7, 11) is 0. The second kappa shape index (κ2) is 20.3. The number of hydrogen-bond acceptors (Lipinski definition) is 13. The van der Waals surface area contributed by atoms with Crippen molar-refractivity contribution in [2.24, 2.45) is 5.41 Å². The number of benzene rings is 1. The van der Waals surface area contributed by atoms with E-state index < -0.39 is 29.0 Å². The summed E-state index contributed by atoms with van der Waals surface area (Å²) in [6.07, 6.45) is 15.5. The molecule has 69 heavy (non-hydrogen) atoms. The number of rotatable bonds is 10. The zero-order chi connectivity index (χ0) is 49.0. The molecule has 3 amide bonds. The Bertz CT molecular complexity index is 2700. The summed E-state index contributed by atoms with van der Waals surface area (Å²) in [5, 5.41) is 34.5. The van der Waals surface area contributed by atoms with Crippen LogP contribution in [-0.4, -0.2) is 120 Å². The highest BCUT2D eigenvalue weighted by Crippen LogP contribution is 2.39. The third-order valence-corrected chi connectivity index (χ3v) is 14.0. The van der Waals surface area contributed by atoms with Crippen molar-refractivity contribution in [1.29, 1.82) is 5.26 Å².